The molecule has 0 spiro atoms. The van der Waals surface area contributed by atoms with Crippen LogP contribution < -0.4 is 10.6 Å². The standard InChI is InChI=1S/C15H22N2O/c1-11-5-3-4-6-13(11)7-8-15(18)17-14-10-16-9-12(14)2/h3-6,12,14,16H,7-10H2,1-2H3,(H,17,18). The highest BCUT2D eigenvalue weighted by Gasteiger charge is 2.24. The number of carbonyl (C=O) groups excluding carboxylic acids is 1. The van der Waals surface area contributed by atoms with Gasteiger partial charge in [-0.05, 0) is 36.9 Å². The molecule has 0 aliphatic carbocycles. The number of amides is 1. The van der Waals surface area contributed by atoms with Gasteiger partial charge in [0.05, 0.1) is 0 Å². The molecular weight excluding hydrogens is 224 g/mol. The van der Waals surface area contributed by atoms with Gasteiger partial charge in [-0.3, -0.25) is 4.79 Å². The first-order valence-electron chi connectivity index (χ1n) is 6.71. The summed E-state index contributed by atoms with van der Waals surface area (Å²) < 4.78 is 0. The van der Waals surface area contributed by atoms with E-state index in [0.29, 0.717) is 18.4 Å². The number of aryl methyl sites for hydroxylation is 2. The van der Waals surface area contributed by atoms with Crippen molar-refractivity contribution >= 4 is 5.91 Å². The van der Waals surface area contributed by atoms with E-state index < -0.39 is 0 Å². The normalized spacial score (nSPS) is 23.0. The van der Waals surface area contributed by atoms with Gasteiger partial charge < -0.3 is 10.6 Å². The minimum Gasteiger partial charge on any atom is -0.352 e. The van der Waals surface area contributed by atoms with Crippen molar-refractivity contribution in [1.29, 1.82) is 0 Å². The Morgan fingerprint density at radius 2 is 2.17 bits per heavy atom. The first-order chi connectivity index (χ1) is 8.66. The number of benzene rings is 1. The summed E-state index contributed by atoms with van der Waals surface area (Å²) >= 11 is 0. The fourth-order valence-electron chi connectivity index (χ4n) is 2.42. The summed E-state index contributed by atoms with van der Waals surface area (Å²) in [6, 6.07) is 8.56. The van der Waals surface area contributed by atoms with E-state index in [2.05, 4.69) is 36.6 Å². The highest BCUT2D eigenvalue weighted by Crippen LogP contribution is 2.11. The molecule has 2 N–H and O–H groups in total. The lowest BCUT2D eigenvalue weighted by atomic mass is 10.0. The van der Waals surface area contributed by atoms with Gasteiger partial charge in [-0.1, -0.05) is 31.2 Å². The van der Waals surface area contributed by atoms with Crippen LogP contribution in [0.15, 0.2) is 24.3 Å². The van der Waals surface area contributed by atoms with Crippen molar-refractivity contribution in [2.45, 2.75) is 32.7 Å². The van der Waals surface area contributed by atoms with E-state index in [1.54, 1.807) is 0 Å². The van der Waals surface area contributed by atoms with Crippen LogP contribution in [0.1, 0.15) is 24.5 Å². The van der Waals surface area contributed by atoms with Crippen LogP contribution in [-0.2, 0) is 11.2 Å². The zero-order chi connectivity index (χ0) is 13.0. The molecule has 0 bridgehead atoms. The molecule has 1 fully saturated rings. The molecule has 0 aromatic heterocycles. The average Bonchev–Trinajstić information content (AvgIpc) is 2.74. The van der Waals surface area contributed by atoms with E-state index in [9.17, 15) is 4.79 Å². The maximum Gasteiger partial charge on any atom is 0.220 e. The molecule has 3 nitrogen and oxygen atoms in total. The molecule has 2 rings (SSSR count). The molecule has 1 heterocycles. The summed E-state index contributed by atoms with van der Waals surface area (Å²) in [6.45, 7) is 6.17. The zero-order valence-corrected chi connectivity index (χ0v) is 11.2. The van der Waals surface area contributed by atoms with Crippen LogP contribution in [0.25, 0.3) is 0 Å². The van der Waals surface area contributed by atoms with Crippen molar-refractivity contribution in [3.63, 3.8) is 0 Å². The molecular formula is C15H22N2O. The monoisotopic (exact) mass is 246 g/mol. The van der Waals surface area contributed by atoms with E-state index in [4.69, 9.17) is 0 Å². The Morgan fingerprint density at radius 3 is 2.83 bits per heavy atom. The Bertz CT molecular complexity index is 417. The van der Waals surface area contributed by atoms with Crippen molar-refractivity contribution in [3.8, 4) is 0 Å². The minimum atomic E-state index is 0.166. The predicted octanol–water partition coefficient (Wildman–Crippen LogP) is 1.65. The highest BCUT2D eigenvalue weighted by molar-refractivity contribution is 5.76. The third kappa shape index (κ3) is 3.33. The summed E-state index contributed by atoms with van der Waals surface area (Å²) in [5.74, 6) is 0.700. The third-order valence-corrected chi connectivity index (χ3v) is 3.75. The largest absolute Gasteiger partial charge is 0.352 e. The van der Waals surface area contributed by atoms with E-state index in [0.717, 1.165) is 19.5 Å². The van der Waals surface area contributed by atoms with Crippen molar-refractivity contribution in [1.82, 2.24) is 10.6 Å². The Labute approximate surface area is 109 Å². The number of nitrogens with one attached hydrogen (secondary N) is 2. The summed E-state index contributed by atoms with van der Waals surface area (Å²) in [4.78, 5) is 11.9. The van der Waals surface area contributed by atoms with Crippen LogP contribution in [0.2, 0.25) is 0 Å². The molecule has 0 radical (unpaired) electrons. The summed E-state index contributed by atoms with van der Waals surface area (Å²) in [5, 5.41) is 6.41. The fourth-order valence-corrected chi connectivity index (χ4v) is 2.42. The van der Waals surface area contributed by atoms with Crippen molar-refractivity contribution in [2.24, 2.45) is 5.92 Å². The first-order valence-corrected chi connectivity index (χ1v) is 6.71. The molecule has 2 atom stereocenters. The van der Waals surface area contributed by atoms with Crippen LogP contribution in [0.3, 0.4) is 0 Å². The van der Waals surface area contributed by atoms with Crippen LogP contribution in [0.4, 0.5) is 0 Å². The molecule has 1 saturated heterocycles. The number of hydrogen-bond acceptors (Lipinski definition) is 2. The topological polar surface area (TPSA) is 41.1 Å². The molecule has 1 aromatic rings. The molecule has 1 amide bonds. The van der Waals surface area contributed by atoms with Gasteiger partial charge in [0, 0.05) is 19.0 Å². The van der Waals surface area contributed by atoms with Crippen molar-refractivity contribution < 1.29 is 4.79 Å². The van der Waals surface area contributed by atoms with Crippen LogP contribution in [-0.4, -0.2) is 25.0 Å². The lowest BCUT2D eigenvalue weighted by Crippen LogP contribution is -2.39. The predicted molar refractivity (Wildman–Crippen MR) is 73.5 cm³/mol. The maximum absolute atomic E-state index is 11.9. The quantitative estimate of drug-likeness (QED) is 0.848. The Morgan fingerprint density at radius 1 is 1.39 bits per heavy atom. The number of carbonyl (C=O) groups is 1. The average molecular weight is 246 g/mol. The van der Waals surface area contributed by atoms with E-state index in [1.807, 2.05) is 12.1 Å². The van der Waals surface area contributed by atoms with Gasteiger partial charge in [-0.2, -0.15) is 0 Å². The van der Waals surface area contributed by atoms with Gasteiger partial charge in [-0.15, -0.1) is 0 Å². The Balaban J connectivity index is 1.80. The molecule has 0 saturated carbocycles. The van der Waals surface area contributed by atoms with Gasteiger partial charge in [-0.25, -0.2) is 0 Å². The summed E-state index contributed by atoms with van der Waals surface area (Å²) in [6.07, 6.45) is 1.40. The van der Waals surface area contributed by atoms with Crippen LogP contribution in [0.5, 0.6) is 0 Å². The van der Waals surface area contributed by atoms with E-state index in [1.165, 1.54) is 11.1 Å². The molecule has 18 heavy (non-hydrogen) atoms. The maximum atomic E-state index is 11.9. The van der Waals surface area contributed by atoms with Gasteiger partial charge in [0.2, 0.25) is 5.91 Å². The lowest BCUT2D eigenvalue weighted by Gasteiger charge is -2.16. The van der Waals surface area contributed by atoms with Crippen molar-refractivity contribution in [2.75, 3.05) is 13.1 Å². The van der Waals surface area contributed by atoms with E-state index >= 15 is 0 Å². The SMILES string of the molecule is Cc1ccccc1CCC(=O)NC1CNCC1C. The molecule has 1 aliphatic heterocycles. The van der Waals surface area contributed by atoms with Gasteiger partial charge >= 0.3 is 0 Å². The first kappa shape index (κ1) is 13.1. The summed E-state index contributed by atoms with van der Waals surface area (Å²) in [7, 11) is 0. The second kappa shape index (κ2) is 6.01. The van der Waals surface area contributed by atoms with Crippen LogP contribution in [0, 0.1) is 12.8 Å². The third-order valence-electron chi connectivity index (χ3n) is 3.75. The highest BCUT2D eigenvalue weighted by atomic mass is 16.1. The summed E-state index contributed by atoms with van der Waals surface area (Å²) in [5.41, 5.74) is 2.53. The number of hydrogen-bond donors (Lipinski definition) is 2. The van der Waals surface area contributed by atoms with Crippen LogP contribution >= 0.6 is 0 Å². The van der Waals surface area contributed by atoms with E-state index in [-0.39, 0.29) is 5.91 Å². The second-order valence-corrected chi connectivity index (χ2v) is 5.24. The minimum absolute atomic E-state index is 0.166. The van der Waals surface area contributed by atoms with Gasteiger partial charge in [0.1, 0.15) is 0 Å². The molecule has 3 heteroatoms. The zero-order valence-electron chi connectivity index (χ0n) is 11.2. The molecule has 1 aromatic carbocycles. The Hall–Kier alpha value is -1.35. The van der Waals surface area contributed by atoms with Gasteiger partial charge in [0.25, 0.3) is 0 Å². The molecule has 1 aliphatic rings. The van der Waals surface area contributed by atoms with Gasteiger partial charge in [0.15, 0.2) is 0 Å². The lowest BCUT2D eigenvalue weighted by molar-refractivity contribution is -0.121. The fraction of sp³-hybridized carbons (Fsp3) is 0.533. The smallest absolute Gasteiger partial charge is 0.220 e. The Kier molecular flexibility index (Phi) is 4.37. The number of rotatable bonds is 4. The molecule has 2 unspecified atom stereocenters. The van der Waals surface area contributed by atoms with Crippen molar-refractivity contribution in [3.05, 3.63) is 35.4 Å². The molecule has 98 valence electrons. The second-order valence-electron chi connectivity index (χ2n) is 5.24.